The Bertz CT molecular complexity index is 842. The summed E-state index contributed by atoms with van der Waals surface area (Å²) in [7, 11) is 0. The lowest BCUT2D eigenvalue weighted by Gasteiger charge is -2.33. The number of carbonyl (C=O) groups excluding carboxylic acids is 2. The molecule has 0 saturated carbocycles. The van der Waals surface area contributed by atoms with Gasteiger partial charge in [0.2, 0.25) is 5.91 Å². The highest BCUT2D eigenvalue weighted by molar-refractivity contribution is 6.08. The largest absolute Gasteiger partial charge is 0.450 e. The second-order valence-electron chi connectivity index (χ2n) is 9.16. The fraction of sp³-hybridized carbons (Fsp3) is 0.652. The van der Waals surface area contributed by atoms with E-state index in [-0.39, 0.29) is 24.6 Å². The van der Waals surface area contributed by atoms with Gasteiger partial charge >= 0.3 is 6.09 Å². The number of benzene rings is 1. The second-order valence-corrected chi connectivity index (χ2v) is 9.16. The molecule has 2 saturated heterocycles. The van der Waals surface area contributed by atoms with Crippen molar-refractivity contribution in [3.05, 3.63) is 29.6 Å². The van der Waals surface area contributed by atoms with Crippen LogP contribution in [0.4, 0.5) is 14.9 Å². The molecule has 8 heteroatoms. The van der Waals surface area contributed by atoms with Crippen molar-refractivity contribution in [2.24, 2.45) is 5.92 Å². The molecule has 3 aliphatic rings. The van der Waals surface area contributed by atoms with Crippen LogP contribution in [0.15, 0.2) is 18.2 Å². The number of aliphatic hydroxyl groups excluding tert-OH is 1. The lowest BCUT2D eigenvalue weighted by Crippen LogP contribution is -2.47. The van der Waals surface area contributed by atoms with Gasteiger partial charge in [-0.2, -0.15) is 0 Å². The maximum Gasteiger partial charge on any atom is 0.409 e. The molecule has 2 amide bonds. The third-order valence-electron chi connectivity index (χ3n) is 7.09. The van der Waals surface area contributed by atoms with Gasteiger partial charge in [0.05, 0.1) is 24.7 Å². The number of fused-ring (bicyclic) bond motifs is 1. The Morgan fingerprint density at radius 3 is 2.68 bits per heavy atom. The number of hydrogen-bond acceptors (Lipinski definition) is 5. The van der Waals surface area contributed by atoms with Gasteiger partial charge in [-0.15, -0.1) is 0 Å². The van der Waals surface area contributed by atoms with Crippen LogP contribution in [0, 0.1) is 11.7 Å². The molecule has 0 radical (unpaired) electrons. The van der Waals surface area contributed by atoms with Crippen LogP contribution in [0.25, 0.3) is 0 Å². The lowest BCUT2D eigenvalue weighted by molar-refractivity contribution is -0.124. The number of anilines is 1. The summed E-state index contributed by atoms with van der Waals surface area (Å²) in [5, 5.41) is 9.94. The van der Waals surface area contributed by atoms with E-state index in [0.717, 1.165) is 57.7 Å². The summed E-state index contributed by atoms with van der Waals surface area (Å²) >= 11 is 0. The molecule has 0 aliphatic carbocycles. The Labute approximate surface area is 182 Å². The molecule has 1 aromatic carbocycles. The summed E-state index contributed by atoms with van der Waals surface area (Å²) in [6.45, 7) is 7.62. The van der Waals surface area contributed by atoms with E-state index in [0.29, 0.717) is 18.1 Å². The van der Waals surface area contributed by atoms with E-state index >= 15 is 0 Å². The first-order valence-corrected chi connectivity index (χ1v) is 11.3. The summed E-state index contributed by atoms with van der Waals surface area (Å²) in [6, 6.07) is 4.45. The molecule has 2 fully saturated rings. The normalized spacial score (nSPS) is 27.1. The van der Waals surface area contributed by atoms with Crippen molar-refractivity contribution in [3.8, 4) is 0 Å². The summed E-state index contributed by atoms with van der Waals surface area (Å²) in [5.74, 6) is -0.0247. The average Bonchev–Trinajstić information content (AvgIpc) is 3.30. The smallest absolute Gasteiger partial charge is 0.409 e. The van der Waals surface area contributed by atoms with E-state index in [1.54, 1.807) is 22.8 Å². The standard InChI is InChI=1S/C23H32FN3O4/c1-3-31-22(30)26-10-6-16(7-11-26)13-25-9-8-18(14-25)27-20-5-4-17(24)12-19(20)23(2,15-28)21(27)29/h4-5,12,16,18,28H,3,6-11,13-15H2,1-2H3/t18-,23?/m0/s1. The summed E-state index contributed by atoms with van der Waals surface area (Å²) in [5.41, 5.74) is 0.201. The number of rotatable bonds is 5. The number of hydrogen-bond donors (Lipinski definition) is 1. The molecule has 170 valence electrons. The predicted molar refractivity (Wildman–Crippen MR) is 114 cm³/mol. The highest BCUT2D eigenvalue weighted by Crippen LogP contribution is 2.44. The molecular formula is C23H32FN3O4. The molecule has 2 atom stereocenters. The molecule has 1 unspecified atom stereocenters. The van der Waals surface area contributed by atoms with Crippen molar-refractivity contribution in [2.45, 2.75) is 44.6 Å². The van der Waals surface area contributed by atoms with Crippen LogP contribution in [-0.4, -0.2) is 78.9 Å². The molecule has 0 bridgehead atoms. The van der Waals surface area contributed by atoms with Gasteiger partial charge in [0.25, 0.3) is 0 Å². The predicted octanol–water partition coefficient (Wildman–Crippen LogP) is 2.37. The van der Waals surface area contributed by atoms with Crippen LogP contribution < -0.4 is 4.90 Å². The number of carbonyl (C=O) groups is 2. The number of halogens is 1. The highest BCUT2D eigenvalue weighted by atomic mass is 19.1. The Morgan fingerprint density at radius 2 is 2.00 bits per heavy atom. The summed E-state index contributed by atoms with van der Waals surface area (Å²) in [4.78, 5) is 31.1. The zero-order chi connectivity index (χ0) is 22.2. The number of piperidine rings is 1. The minimum absolute atomic E-state index is 0.0182. The minimum atomic E-state index is -1.09. The topological polar surface area (TPSA) is 73.3 Å². The second kappa shape index (κ2) is 8.74. The molecule has 3 aliphatic heterocycles. The Balaban J connectivity index is 1.38. The van der Waals surface area contributed by atoms with E-state index in [9.17, 15) is 19.1 Å². The monoisotopic (exact) mass is 433 g/mol. The molecule has 0 spiro atoms. The number of amides is 2. The number of aliphatic hydroxyl groups is 1. The highest BCUT2D eigenvalue weighted by Gasteiger charge is 2.50. The maximum absolute atomic E-state index is 13.9. The summed E-state index contributed by atoms with van der Waals surface area (Å²) < 4.78 is 19.0. The SMILES string of the molecule is CCOC(=O)N1CCC(CN2CC[C@H](N3C(=O)C(C)(CO)c4cc(F)ccc43)C2)CC1. The Kier molecular flexibility index (Phi) is 6.21. The van der Waals surface area contributed by atoms with Crippen molar-refractivity contribution >= 4 is 17.7 Å². The molecular weight excluding hydrogens is 401 g/mol. The van der Waals surface area contributed by atoms with E-state index in [4.69, 9.17) is 4.74 Å². The van der Waals surface area contributed by atoms with Crippen LogP contribution in [-0.2, 0) is 14.9 Å². The third-order valence-corrected chi connectivity index (χ3v) is 7.09. The van der Waals surface area contributed by atoms with Crippen molar-refractivity contribution < 1.29 is 23.8 Å². The van der Waals surface area contributed by atoms with Crippen LogP contribution in [0.5, 0.6) is 0 Å². The van der Waals surface area contributed by atoms with Gasteiger partial charge in [0, 0.05) is 38.4 Å². The Hall–Kier alpha value is -2.19. The van der Waals surface area contributed by atoms with Gasteiger partial charge in [-0.3, -0.25) is 4.79 Å². The molecule has 3 heterocycles. The maximum atomic E-state index is 13.9. The van der Waals surface area contributed by atoms with E-state index in [2.05, 4.69) is 4.90 Å². The first kappa shape index (κ1) is 22.0. The van der Waals surface area contributed by atoms with Crippen molar-refractivity contribution in [1.29, 1.82) is 0 Å². The molecule has 4 rings (SSSR count). The molecule has 1 aromatic rings. The van der Waals surface area contributed by atoms with Crippen LogP contribution in [0.2, 0.25) is 0 Å². The molecule has 0 aromatic heterocycles. The molecule has 7 nitrogen and oxygen atoms in total. The quantitative estimate of drug-likeness (QED) is 0.772. The first-order valence-electron chi connectivity index (χ1n) is 11.3. The fourth-order valence-electron chi connectivity index (χ4n) is 5.23. The van der Waals surface area contributed by atoms with Crippen molar-refractivity contribution in [1.82, 2.24) is 9.80 Å². The fourth-order valence-corrected chi connectivity index (χ4v) is 5.23. The molecule has 1 N–H and O–H groups in total. The third kappa shape index (κ3) is 4.03. The van der Waals surface area contributed by atoms with Crippen molar-refractivity contribution in [3.63, 3.8) is 0 Å². The van der Waals surface area contributed by atoms with Gasteiger partial charge < -0.3 is 24.5 Å². The van der Waals surface area contributed by atoms with Gasteiger partial charge in [-0.1, -0.05) is 0 Å². The van der Waals surface area contributed by atoms with E-state index < -0.39 is 11.2 Å². The lowest BCUT2D eigenvalue weighted by atomic mass is 9.85. The minimum Gasteiger partial charge on any atom is -0.450 e. The van der Waals surface area contributed by atoms with E-state index in [1.807, 2.05) is 6.92 Å². The van der Waals surface area contributed by atoms with Gasteiger partial charge in [0.15, 0.2) is 0 Å². The van der Waals surface area contributed by atoms with Crippen LogP contribution in [0.1, 0.15) is 38.7 Å². The van der Waals surface area contributed by atoms with E-state index in [1.165, 1.54) is 12.1 Å². The van der Waals surface area contributed by atoms with Gasteiger partial charge in [-0.25, -0.2) is 9.18 Å². The zero-order valence-corrected chi connectivity index (χ0v) is 18.3. The zero-order valence-electron chi connectivity index (χ0n) is 18.3. The molecule has 31 heavy (non-hydrogen) atoms. The summed E-state index contributed by atoms with van der Waals surface area (Å²) in [6.07, 6.45) is 2.53. The van der Waals surface area contributed by atoms with Crippen molar-refractivity contribution in [2.75, 3.05) is 50.8 Å². The number of nitrogens with zero attached hydrogens (tertiary/aromatic N) is 3. The van der Waals surface area contributed by atoms with Crippen LogP contribution >= 0.6 is 0 Å². The average molecular weight is 434 g/mol. The van der Waals surface area contributed by atoms with Crippen LogP contribution in [0.3, 0.4) is 0 Å². The van der Waals surface area contributed by atoms with Gasteiger partial charge in [-0.05, 0) is 62.8 Å². The number of ether oxygens (including phenoxy) is 1. The number of likely N-dealkylation sites (tertiary alicyclic amines) is 2. The first-order chi connectivity index (χ1) is 14.9. The van der Waals surface area contributed by atoms with Gasteiger partial charge in [0.1, 0.15) is 5.82 Å². The Morgan fingerprint density at radius 1 is 1.26 bits per heavy atom.